The lowest BCUT2D eigenvalue weighted by molar-refractivity contribution is 0.229. The van der Waals surface area contributed by atoms with E-state index in [9.17, 15) is 0 Å². The number of nitrogen functional groups attached to an aromatic ring is 1. The Morgan fingerprint density at radius 3 is 2.81 bits per heavy atom. The molecule has 0 aliphatic carbocycles. The van der Waals surface area contributed by atoms with Crippen molar-refractivity contribution < 1.29 is 5.11 Å². The molecule has 2 heterocycles. The van der Waals surface area contributed by atoms with Crippen LogP contribution < -0.4 is 16.6 Å². The second-order valence-electron chi connectivity index (χ2n) is 4.73. The van der Waals surface area contributed by atoms with Crippen molar-refractivity contribution in [3.05, 3.63) is 18.5 Å². The van der Waals surface area contributed by atoms with E-state index in [2.05, 4.69) is 30.8 Å². The van der Waals surface area contributed by atoms with E-state index in [1.807, 2.05) is 6.92 Å². The Hall–Kier alpha value is -2.26. The third-order valence-corrected chi connectivity index (χ3v) is 2.93. The van der Waals surface area contributed by atoms with E-state index in [-0.39, 0.29) is 12.6 Å². The van der Waals surface area contributed by atoms with Crippen molar-refractivity contribution in [2.24, 2.45) is 11.8 Å². The van der Waals surface area contributed by atoms with Crippen LogP contribution in [0.2, 0.25) is 0 Å². The molecule has 2 aromatic heterocycles. The van der Waals surface area contributed by atoms with Crippen molar-refractivity contribution >= 4 is 11.9 Å². The zero-order valence-electron chi connectivity index (χ0n) is 11.9. The van der Waals surface area contributed by atoms with Crippen LogP contribution in [0.5, 0.6) is 0 Å². The summed E-state index contributed by atoms with van der Waals surface area (Å²) in [5.41, 5.74) is 2.41. The molecule has 1 unspecified atom stereocenters. The topological polar surface area (TPSA) is 127 Å². The Bertz CT molecular complexity index is 544. The molecule has 0 amide bonds. The molecule has 9 nitrogen and oxygen atoms in total. The largest absolute Gasteiger partial charge is 0.396 e. The third-order valence-electron chi connectivity index (χ3n) is 2.93. The molecule has 0 radical (unpaired) electrons. The Kier molecular flexibility index (Phi) is 5.41. The van der Waals surface area contributed by atoms with E-state index < -0.39 is 0 Å². The number of hydrogen-bond donors (Lipinski definition) is 4. The van der Waals surface area contributed by atoms with Gasteiger partial charge in [-0.2, -0.15) is 20.1 Å². The van der Waals surface area contributed by atoms with Gasteiger partial charge in [0.15, 0.2) is 0 Å². The number of nitrogens with zero attached hydrogens (tertiary/aromatic N) is 5. The fourth-order valence-electron chi connectivity index (χ4n) is 1.74. The van der Waals surface area contributed by atoms with Crippen molar-refractivity contribution in [1.29, 1.82) is 0 Å². The molecule has 1 atom stereocenters. The fourth-order valence-corrected chi connectivity index (χ4v) is 1.74. The number of aromatic nitrogens is 5. The highest BCUT2D eigenvalue weighted by atomic mass is 16.3. The summed E-state index contributed by atoms with van der Waals surface area (Å²) >= 11 is 0. The maximum Gasteiger partial charge on any atom is 0.257 e. The molecule has 9 heteroatoms. The van der Waals surface area contributed by atoms with Crippen molar-refractivity contribution in [1.82, 2.24) is 24.7 Å². The van der Waals surface area contributed by atoms with Gasteiger partial charge in [0, 0.05) is 25.5 Å². The second kappa shape index (κ2) is 7.50. The van der Waals surface area contributed by atoms with Crippen LogP contribution >= 0.6 is 0 Å². The number of aliphatic hydroxyl groups is 1. The summed E-state index contributed by atoms with van der Waals surface area (Å²) in [6.07, 6.45) is 5.23. The van der Waals surface area contributed by atoms with Crippen LogP contribution in [0.3, 0.4) is 0 Å². The van der Waals surface area contributed by atoms with Gasteiger partial charge in [-0.15, -0.1) is 0 Å². The molecule has 0 aromatic carbocycles. The third kappa shape index (κ3) is 4.36. The Labute approximate surface area is 122 Å². The number of nitrogens with two attached hydrogens (primary N) is 1. The normalized spacial score (nSPS) is 12.1. The zero-order chi connectivity index (χ0) is 15.1. The molecule has 21 heavy (non-hydrogen) atoms. The van der Waals surface area contributed by atoms with Crippen molar-refractivity contribution in [2.45, 2.75) is 19.8 Å². The summed E-state index contributed by atoms with van der Waals surface area (Å²) in [6.45, 7) is 2.92. The lowest BCUT2D eigenvalue weighted by Crippen LogP contribution is -2.16. The minimum Gasteiger partial charge on any atom is -0.396 e. The Balaban J connectivity index is 2.00. The quantitative estimate of drug-likeness (QED) is 0.308. The van der Waals surface area contributed by atoms with Gasteiger partial charge in [-0.05, 0) is 24.8 Å². The molecule has 0 spiro atoms. The fraction of sp³-hybridized carbons (Fsp3) is 0.500. The lowest BCUT2D eigenvalue weighted by atomic mass is 10.1. The molecule has 0 aliphatic rings. The highest BCUT2D eigenvalue weighted by Crippen LogP contribution is 2.09. The molecule has 0 saturated heterocycles. The van der Waals surface area contributed by atoms with Gasteiger partial charge >= 0.3 is 0 Å². The summed E-state index contributed by atoms with van der Waals surface area (Å²) in [4.78, 5) is 12.6. The summed E-state index contributed by atoms with van der Waals surface area (Å²) in [7, 11) is 0. The molecule has 5 N–H and O–H groups in total. The average Bonchev–Trinajstić information content (AvgIpc) is 3.05. The van der Waals surface area contributed by atoms with E-state index in [0.29, 0.717) is 24.4 Å². The first kappa shape index (κ1) is 15.1. The van der Waals surface area contributed by atoms with Gasteiger partial charge in [-0.3, -0.25) is 5.43 Å². The minimum absolute atomic E-state index is 0.205. The Morgan fingerprint density at radius 1 is 1.33 bits per heavy atom. The summed E-state index contributed by atoms with van der Waals surface area (Å²) in [5.74, 6) is 6.74. The van der Waals surface area contributed by atoms with Gasteiger partial charge in [0.2, 0.25) is 11.9 Å². The lowest BCUT2D eigenvalue weighted by Gasteiger charge is -2.10. The number of rotatable bonds is 8. The van der Waals surface area contributed by atoms with Gasteiger partial charge in [0.1, 0.15) is 0 Å². The number of hydrazine groups is 1. The molecule has 2 aromatic rings. The predicted molar refractivity (Wildman–Crippen MR) is 78.7 cm³/mol. The molecule has 114 valence electrons. The van der Waals surface area contributed by atoms with Crippen molar-refractivity contribution in [3.8, 4) is 5.95 Å². The maximum atomic E-state index is 8.98. The van der Waals surface area contributed by atoms with Gasteiger partial charge in [-0.1, -0.05) is 6.92 Å². The molecule has 2 rings (SSSR count). The summed E-state index contributed by atoms with van der Waals surface area (Å²) in [5, 5.41) is 16.2. The van der Waals surface area contributed by atoms with Gasteiger partial charge in [0.05, 0.1) is 0 Å². The van der Waals surface area contributed by atoms with Crippen LogP contribution in [0.1, 0.15) is 19.8 Å². The van der Waals surface area contributed by atoms with Crippen LogP contribution in [-0.4, -0.2) is 43.0 Å². The SMILES string of the molecule is CC(CO)CCCNc1nc(NN)nc(-n2cccn2)n1. The molecule has 0 aliphatic heterocycles. The van der Waals surface area contributed by atoms with Crippen LogP contribution in [-0.2, 0) is 0 Å². The van der Waals surface area contributed by atoms with Gasteiger partial charge in [-0.25, -0.2) is 10.5 Å². The first-order valence-electron chi connectivity index (χ1n) is 6.80. The van der Waals surface area contributed by atoms with Gasteiger partial charge < -0.3 is 10.4 Å². The van der Waals surface area contributed by atoms with E-state index in [1.54, 1.807) is 18.5 Å². The molecule has 0 bridgehead atoms. The van der Waals surface area contributed by atoms with Crippen LogP contribution in [0.15, 0.2) is 18.5 Å². The summed E-state index contributed by atoms with van der Waals surface area (Å²) in [6, 6.07) is 1.78. The molecular weight excluding hydrogens is 272 g/mol. The first-order valence-corrected chi connectivity index (χ1v) is 6.80. The van der Waals surface area contributed by atoms with Gasteiger partial charge in [0.25, 0.3) is 5.95 Å². The number of anilines is 2. The zero-order valence-corrected chi connectivity index (χ0v) is 11.9. The van der Waals surface area contributed by atoms with Crippen molar-refractivity contribution in [3.63, 3.8) is 0 Å². The highest BCUT2D eigenvalue weighted by Gasteiger charge is 2.07. The van der Waals surface area contributed by atoms with E-state index in [1.165, 1.54) is 4.68 Å². The van der Waals surface area contributed by atoms with E-state index in [4.69, 9.17) is 10.9 Å². The summed E-state index contributed by atoms with van der Waals surface area (Å²) < 4.78 is 1.53. The molecular formula is C12H20N8O. The molecule has 0 fully saturated rings. The number of nitrogens with one attached hydrogen (secondary N) is 2. The molecule has 0 saturated carbocycles. The first-order chi connectivity index (χ1) is 10.2. The Morgan fingerprint density at radius 2 is 2.14 bits per heavy atom. The van der Waals surface area contributed by atoms with Crippen LogP contribution in [0, 0.1) is 5.92 Å². The highest BCUT2D eigenvalue weighted by molar-refractivity contribution is 5.36. The van der Waals surface area contributed by atoms with Crippen LogP contribution in [0.4, 0.5) is 11.9 Å². The predicted octanol–water partition coefficient (Wildman–Crippen LogP) is 0.163. The van der Waals surface area contributed by atoms with E-state index in [0.717, 1.165) is 12.8 Å². The van der Waals surface area contributed by atoms with E-state index >= 15 is 0 Å². The monoisotopic (exact) mass is 292 g/mol. The maximum absolute atomic E-state index is 8.98. The number of hydrogen-bond acceptors (Lipinski definition) is 8. The van der Waals surface area contributed by atoms with Crippen molar-refractivity contribution in [2.75, 3.05) is 23.9 Å². The standard InChI is InChI=1S/C12H20N8O/c1-9(8-21)4-2-5-14-10-16-11(19-13)18-12(17-10)20-7-3-6-15-20/h3,6-7,9,21H,2,4-5,8,13H2,1H3,(H2,14,16,17,18,19). The van der Waals surface area contributed by atoms with Crippen LogP contribution in [0.25, 0.3) is 5.95 Å². The second-order valence-corrected chi connectivity index (χ2v) is 4.73. The number of aliphatic hydroxyl groups excluding tert-OH is 1. The minimum atomic E-state index is 0.205. The average molecular weight is 292 g/mol. The smallest absolute Gasteiger partial charge is 0.257 e.